The molecule has 1 unspecified atom stereocenters. The Bertz CT molecular complexity index is 382. The number of hydrogen-bond donors (Lipinski definition) is 2. The molecule has 0 radical (unpaired) electrons. The van der Waals surface area contributed by atoms with Crippen LogP contribution in [0.15, 0.2) is 23.1 Å². The molecule has 0 saturated heterocycles. The van der Waals surface area contributed by atoms with Gasteiger partial charge in [-0.15, -0.1) is 0 Å². The molecule has 12 heavy (non-hydrogen) atoms. The Morgan fingerprint density at radius 2 is 1.75 bits per heavy atom. The van der Waals surface area contributed by atoms with Crippen LogP contribution in [-0.2, 0) is 9.92 Å². The average Bonchev–Trinajstić information content (AvgIpc) is 1.82. The highest BCUT2D eigenvalue weighted by Crippen LogP contribution is 2.16. The summed E-state index contributed by atoms with van der Waals surface area (Å²) in [6.45, 7) is 0. The predicted octanol–water partition coefficient (Wildman–Crippen LogP) is 1.24. The molecule has 0 amide bonds. The summed E-state index contributed by atoms with van der Waals surface area (Å²) in [7, 11) is -3.81. The highest BCUT2D eigenvalue weighted by Gasteiger charge is 2.15. The Hall–Kier alpha value is -1.01. The Balaban J connectivity index is 3.53. The van der Waals surface area contributed by atoms with Crippen LogP contribution in [0.4, 0.5) is 8.78 Å². The van der Waals surface area contributed by atoms with Gasteiger partial charge in [0.05, 0.1) is 0 Å². The number of nitrogens with one attached hydrogen (secondary N) is 1. The number of nitrogens with two attached hydrogens (primary N) is 1. The Morgan fingerprint density at radius 1 is 1.33 bits per heavy atom. The van der Waals surface area contributed by atoms with E-state index in [-0.39, 0.29) is 0 Å². The van der Waals surface area contributed by atoms with Crippen molar-refractivity contribution in [1.29, 1.82) is 4.78 Å². The summed E-state index contributed by atoms with van der Waals surface area (Å²) in [6, 6.07) is 2.91. The molecule has 1 aromatic rings. The molecule has 0 bridgehead atoms. The van der Waals surface area contributed by atoms with Crippen LogP contribution in [0.1, 0.15) is 0 Å². The molecule has 1 atom stereocenters. The maximum absolute atomic E-state index is 12.7. The molecule has 3 nitrogen and oxygen atoms in total. The van der Waals surface area contributed by atoms with Crippen LogP contribution in [0.25, 0.3) is 0 Å². The molecule has 0 fully saturated rings. The van der Waals surface area contributed by atoms with Crippen LogP contribution in [0, 0.1) is 16.4 Å². The van der Waals surface area contributed by atoms with Gasteiger partial charge < -0.3 is 0 Å². The molecule has 0 heterocycles. The summed E-state index contributed by atoms with van der Waals surface area (Å²) >= 11 is 0. The first kappa shape index (κ1) is 9.08. The number of hydrogen-bond acceptors (Lipinski definition) is 2. The summed E-state index contributed by atoms with van der Waals surface area (Å²) in [5, 5.41) is 4.77. The van der Waals surface area contributed by atoms with Gasteiger partial charge in [0.1, 0.15) is 26.4 Å². The monoisotopic (exact) mass is 192 g/mol. The van der Waals surface area contributed by atoms with Crippen LogP contribution in [0.2, 0.25) is 0 Å². The van der Waals surface area contributed by atoms with Crippen molar-refractivity contribution in [2.24, 2.45) is 5.14 Å². The number of rotatable bonds is 1. The normalized spacial score (nSPS) is 15.6. The highest BCUT2D eigenvalue weighted by atomic mass is 32.2. The first-order chi connectivity index (χ1) is 5.43. The summed E-state index contributed by atoms with van der Waals surface area (Å²) in [4.78, 5) is -0.870. The molecule has 66 valence electrons. The van der Waals surface area contributed by atoms with E-state index in [0.29, 0.717) is 0 Å². The van der Waals surface area contributed by atoms with Gasteiger partial charge in [0.2, 0.25) is 0 Å². The fourth-order valence-electron chi connectivity index (χ4n) is 0.772. The van der Waals surface area contributed by atoms with Crippen LogP contribution >= 0.6 is 0 Å². The van der Waals surface area contributed by atoms with Gasteiger partial charge in [-0.2, -0.15) is 0 Å². The molecular weight excluding hydrogens is 186 g/mol. The van der Waals surface area contributed by atoms with Crippen molar-refractivity contribution in [2.75, 3.05) is 0 Å². The Kier molecular flexibility index (Phi) is 2.12. The van der Waals surface area contributed by atoms with E-state index in [0.717, 1.165) is 18.2 Å². The summed E-state index contributed by atoms with van der Waals surface area (Å²) in [5.41, 5.74) is 0. The SMILES string of the molecule is N=S(N)(=O)c1c(F)cccc1F. The van der Waals surface area contributed by atoms with E-state index in [1.54, 1.807) is 0 Å². The van der Waals surface area contributed by atoms with Crippen LogP contribution in [-0.4, -0.2) is 4.21 Å². The van der Waals surface area contributed by atoms with E-state index in [9.17, 15) is 13.0 Å². The van der Waals surface area contributed by atoms with E-state index >= 15 is 0 Å². The van der Waals surface area contributed by atoms with Crippen molar-refractivity contribution in [3.8, 4) is 0 Å². The van der Waals surface area contributed by atoms with Gasteiger partial charge in [-0.25, -0.2) is 22.9 Å². The van der Waals surface area contributed by atoms with E-state index < -0.39 is 26.4 Å². The second-order valence-electron chi connectivity index (χ2n) is 2.15. The van der Waals surface area contributed by atoms with Crippen molar-refractivity contribution >= 4 is 9.92 Å². The first-order valence-corrected chi connectivity index (χ1v) is 4.55. The van der Waals surface area contributed by atoms with Crippen molar-refractivity contribution < 1.29 is 13.0 Å². The largest absolute Gasteiger partial charge is 0.241 e. The quantitative estimate of drug-likeness (QED) is 0.690. The third-order valence-electron chi connectivity index (χ3n) is 1.22. The zero-order valence-electron chi connectivity index (χ0n) is 5.88. The number of halogens is 2. The van der Waals surface area contributed by atoms with E-state index in [4.69, 9.17) is 9.92 Å². The van der Waals surface area contributed by atoms with Gasteiger partial charge in [-0.05, 0) is 12.1 Å². The van der Waals surface area contributed by atoms with Crippen molar-refractivity contribution in [3.63, 3.8) is 0 Å². The van der Waals surface area contributed by atoms with Crippen LogP contribution < -0.4 is 5.14 Å². The fraction of sp³-hybridized carbons (Fsp3) is 0. The molecule has 0 aliphatic carbocycles. The lowest BCUT2D eigenvalue weighted by Gasteiger charge is -2.02. The second-order valence-corrected chi connectivity index (χ2v) is 3.76. The van der Waals surface area contributed by atoms with E-state index in [1.807, 2.05) is 0 Å². The van der Waals surface area contributed by atoms with Gasteiger partial charge >= 0.3 is 0 Å². The molecule has 0 spiro atoms. The lowest BCUT2D eigenvalue weighted by atomic mass is 10.3. The Labute approximate surface area is 68.3 Å². The highest BCUT2D eigenvalue weighted by molar-refractivity contribution is 7.90. The molecule has 1 rings (SSSR count). The van der Waals surface area contributed by atoms with Gasteiger partial charge in [0, 0.05) is 0 Å². The van der Waals surface area contributed by atoms with Gasteiger partial charge in [-0.3, -0.25) is 0 Å². The first-order valence-electron chi connectivity index (χ1n) is 2.93. The third kappa shape index (κ3) is 1.59. The average molecular weight is 192 g/mol. The van der Waals surface area contributed by atoms with Crippen molar-refractivity contribution in [1.82, 2.24) is 0 Å². The molecule has 0 aromatic heterocycles. The molecule has 0 aliphatic rings. The standard InChI is InChI=1S/C6H6F2N2OS/c7-4-2-1-3-5(8)6(4)12(9,10)11/h1-3H,(H3,9,10,11). The summed E-state index contributed by atoms with van der Waals surface area (Å²) in [6.07, 6.45) is 0. The zero-order chi connectivity index (χ0) is 9.35. The molecule has 6 heteroatoms. The van der Waals surface area contributed by atoms with Crippen LogP contribution in [0.3, 0.4) is 0 Å². The maximum Gasteiger partial charge on any atom is 0.144 e. The lowest BCUT2D eigenvalue weighted by Crippen LogP contribution is -2.14. The Morgan fingerprint density at radius 3 is 2.00 bits per heavy atom. The minimum Gasteiger partial charge on any atom is -0.241 e. The van der Waals surface area contributed by atoms with E-state index in [2.05, 4.69) is 0 Å². The summed E-state index contributed by atoms with van der Waals surface area (Å²) < 4.78 is 43.0. The minimum atomic E-state index is -3.81. The topological polar surface area (TPSA) is 66.9 Å². The molecule has 1 aromatic carbocycles. The molecular formula is C6H6F2N2OS. The summed E-state index contributed by atoms with van der Waals surface area (Å²) in [5.74, 6) is -2.12. The van der Waals surface area contributed by atoms with Crippen molar-refractivity contribution in [3.05, 3.63) is 29.8 Å². The van der Waals surface area contributed by atoms with Gasteiger partial charge in [-0.1, -0.05) is 6.07 Å². The smallest absolute Gasteiger partial charge is 0.144 e. The van der Waals surface area contributed by atoms with E-state index in [1.165, 1.54) is 0 Å². The fourth-order valence-corrected chi connectivity index (χ4v) is 1.49. The van der Waals surface area contributed by atoms with Gasteiger partial charge in [0.25, 0.3) is 0 Å². The predicted molar refractivity (Wildman–Crippen MR) is 39.7 cm³/mol. The number of benzene rings is 1. The molecule has 3 N–H and O–H groups in total. The minimum absolute atomic E-state index is 0.870. The van der Waals surface area contributed by atoms with Gasteiger partial charge in [0.15, 0.2) is 0 Å². The maximum atomic E-state index is 12.7. The van der Waals surface area contributed by atoms with Crippen molar-refractivity contribution in [2.45, 2.75) is 4.90 Å². The van der Waals surface area contributed by atoms with Crippen LogP contribution in [0.5, 0.6) is 0 Å². The lowest BCUT2D eigenvalue weighted by molar-refractivity contribution is 0.533. The molecule has 0 aliphatic heterocycles. The zero-order valence-corrected chi connectivity index (χ0v) is 6.70. The second kappa shape index (κ2) is 2.80. The third-order valence-corrected chi connectivity index (χ3v) is 2.22. The molecule has 0 saturated carbocycles.